The Labute approximate surface area is 197 Å². The third-order valence-corrected chi connectivity index (χ3v) is 6.87. The predicted octanol–water partition coefficient (Wildman–Crippen LogP) is 3.73. The zero-order chi connectivity index (χ0) is 24.0. The van der Waals surface area contributed by atoms with Gasteiger partial charge in [-0.25, -0.2) is 17.9 Å². The van der Waals surface area contributed by atoms with E-state index in [4.69, 9.17) is 9.84 Å². The molecule has 4 aromatic rings. The number of nitrogens with zero attached hydrogens (tertiary/aromatic N) is 3. The minimum absolute atomic E-state index is 0.0857. The summed E-state index contributed by atoms with van der Waals surface area (Å²) >= 11 is 0. The Kier molecular flexibility index (Phi) is 7.05. The van der Waals surface area contributed by atoms with Crippen LogP contribution in [-0.4, -0.2) is 40.2 Å². The topological polar surface area (TPSA) is 102 Å². The monoisotopic (exact) mass is 477 g/mol. The SMILES string of the molecule is O=C(O)COc1cccc(CN(Cc2ccc(-n3cccn3)cc2)S(=O)(=O)c2ccccc2)c1. The molecule has 0 saturated heterocycles. The molecule has 174 valence electrons. The van der Waals surface area contributed by atoms with Crippen molar-refractivity contribution in [2.24, 2.45) is 0 Å². The van der Waals surface area contributed by atoms with Crippen LogP contribution in [0.15, 0.2) is 102 Å². The first kappa shape index (κ1) is 23.2. The average Bonchev–Trinajstić information content (AvgIpc) is 3.39. The maximum absolute atomic E-state index is 13.5. The van der Waals surface area contributed by atoms with Gasteiger partial charge in [0.05, 0.1) is 10.6 Å². The number of carbonyl (C=O) groups is 1. The zero-order valence-corrected chi connectivity index (χ0v) is 19.0. The Bertz CT molecular complexity index is 1340. The largest absolute Gasteiger partial charge is 0.482 e. The van der Waals surface area contributed by atoms with Crippen LogP contribution in [0.4, 0.5) is 0 Å². The molecule has 9 heteroatoms. The summed E-state index contributed by atoms with van der Waals surface area (Å²) in [4.78, 5) is 11.0. The van der Waals surface area contributed by atoms with E-state index in [0.717, 1.165) is 11.3 Å². The van der Waals surface area contributed by atoms with Crippen molar-refractivity contribution in [3.05, 3.63) is 108 Å². The van der Waals surface area contributed by atoms with Crippen molar-refractivity contribution in [1.29, 1.82) is 0 Å². The van der Waals surface area contributed by atoms with E-state index in [0.29, 0.717) is 11.3 Å². The van der Waals surface area contributed by atoms with E-state index in [-0.39, 0.29) is 18.0 Å². The average molecular weight is 478 g/mol. The van der Waals surface area contributed by atoms with Gasteiger partial charge in [0.1, 0.15) is 5.75 Å². The molecule has 34 heavy (non-hydrogen) atoms. The molecule has 0 amide bonds. The Balaban J connectivity index is 1.61. The molecule has 0 aliphatic carbocycles. The molecule has 1 aromatic heterocycles. The van der Waals surface area contributed by atoms with Crippen molar-refractivity contribution in [2.75, 3.05) is 6.61 Å². The van der Waals surface area contributed by atoms with Crippen molar-refractivity contribution in [2.45, 2.75) is 18.0 Å². The van der Waals surface area contributed by atoms with Crippen molar-refractivity contribution in [3.63, 3.8) is 0 Å². The van der Waals surface area contributed by atoms with Gasteiger partial charge in [-0.1, -0.05) is 42.5 Å². The van der Waals surface area contributed by atoms with E-state index in [1.807, 2.05) is 36.5 Å². The first-order valence-corrected chi connectivity index (χ1v) is 11.9. The molecule has 3 aromatic carbocycles. The van der Waals surface area contributed by atoms with E-state index in [9.17, 15) is 13.2 Å². The first-order chi connectivity index (χ1) is 16.4. The number of carboxylic acids is 1. The van der Waals surface area contributed by atoms with E-state index < -0.39 is 22.6 Å². The summed E-state index contributed by atoms with van der Waals surface area (Å²) in [5.41, 5.74) is 2.36. The fourth-order valence-corrected chi connectivity index (χ4v) is 4.87. The predicted molar refractivity (Wildman–Crippen MR) is 126 cm³/mol. The highest BCUT2D eigenvalue weighted by Crippen LogP contribution is 2.23. The smallest absolute Gasteiger partial charge is 0.341 e. The van der Waals surface area contributed by atoms with E-state index >= 15 is 0 Å². The lowest BCUT2D eigenvalue weighted by molar-refractivity contribution is -0.139. The normalized spacial score (nSPS) is 11.4. The maximum atomic E-state index is 13.5. The Morgan fingerprint density at radius 3 is 2.32 bits per heavy atom. The molecule has 0 radical (unpaired) electrons. The van der Waals surface area contributed by atoms with Gasteiger partial charge < -0.3 is 9.84 Å². The second-order valence-corrected chi connectivity index (χ2v) is 9.47. The van der Waals surface area contributed by atoms with Crippen LogP contribution in [-0.2, 0) is 27.9 Å². The highest BCUT2D eigenvalue weighted by Gasteiger charge is 2.25. The minimum atomic E-state index is -3.81. The fraction of sp³-hybridized carbons (Fsp3) is 0.120. The molecule has 0 fully saturated rings. The fourth-order valence-electron chi connectivity index (χ4n) is 3.43. The van der Waals surface area contributed by atoms with Crippen LogP contribution < -0.4 is 4.74 Å². The van der Waals surface area contributed by atoms with E-state index in [1.165, 1.54) is 4.31 Å². The number of aliphatic carboxylic acids is 1. The highest BCUT2D eigenvalue weighted by molar-refractivity contribution is 7.89. The summed E-state index contributed by atoms with van der Waals surface area (Å²) in [5.74, 6) is -0.724. The van der Waals surface area contributed by atoms with Gasteiger partial charge in [0.15, 0.2) is 6.61 Å². The number of ether oxygens (including phenoxy) is 1. The van der Waals surface area contributed by atoms with Crippen LogP contribution in [0.3, 0.4) is 0 Å². The van der Waals surface area contributed by atoms with Gasteiger partial charge >= 0.3 is 5.97 Å². The summed E-state index contributed by atoms with van der Waals surface area (Å²) in [5, 5.41) is 13.1. The minimum Gasteiger partial charge on any atom is -0.482 e. The number of rotatable bonds is 10. The summed E-state index contributed by atoms with van der Waals surface area (Å²) in [6, 6.07) is 24.4. The van der Waals surface area contributed by atoms with Crippen molar-refractivity contribution in [3.8, 4) is 11.4 Å². The second kappa shape index (κ2) is 10.3. The number of carboxylic acid groups (broad SMARTS) is 1. The zero-order valence-electron chi connectivity index (χ0n) is 18.2. The van der Waals surface area contributed by atoms with Gasteiger partial charge in [-0.2, -0.15) is 9.40 Å². The number of benzene rings is 3. The molecule has 8 nitrogen and oxygen atoms in total. The molecule has 0 atom stereocenters. The standard InChI is InChI=1S/C25H23N3O5S/c29-25(30)19-33-23-7-4-6-21(16-23)18-27(34(31,32)24-8-2-1-3-9-24)17-20-10-12-22(13-11-20)28-15-5-14-26-28/h1-16H,17-19H2,(H,29,30). The highest BCUT2D eigenvalue weighted by atomic mass is 32.2. The Morgan fingerprint density at radius 2 is 1.65 bits per heavy atom. The Morgan fingerprint density at radius 1 is 0.912 bits per heavy atom. The molecular weight excluding hydrogens is 454 g/mol. The van der Waals surface area contributed by atoms with Crippen molar-refractivity contribution >= 4 is 16.0 Å². The Hall–Kier alpha value is -3.95. The quantitative estimate of drug-likeness (QED) is 0.374. The number of hydrogen-bond donors (Lipinski definition) is 1. The summed E-state index contributed by atoms with van der Waals surface area (Å²) in [6.07, 6.45) is 3.52. The number of hydrogen-bond acceptors (Lipinski definition) is 5. The lowest BCUT2D eigenvalue weighted by Gasteiger charge is -2.23. The van der Waals surface area contributed by atoms with E-state index in [1.54, 1.807) is 65.5 Å². The first-order valence-electron chi connectivity index (χ1n) is 10.5. The molecule has 1 N–H and O–H groups in total. The molecular formula is C25H23N3O5S. The molecule has 0 spiro atoms. The summed E-state index contributed by atoms with van der Waals surface area (Å²) in [7, 11) is -3.81. The molecule has 1 heterocycles. The van der Waals surface area contributed by atoms with Crippen LogP contribution >= 0.6 is 0 Å². The van der Waals surface area contributed by atoms with Gasteiger partial charge in [0.2, 0.25) is 10.0 Å². The third-order valence-electron chi connectivity index (χ3n) is 5.06. The van der Waals surface area contributed by atoms with Crippen LogP contribution in [0.1, 0.15) is 11.1 Å². The van der Waals surface area contributed by atoms with Crippen LogP contribution in [0.2, 0.25) is 0 Å². The molecule has 0 aliphatic rings. The van der Waals surface area contributed by atoms with Gasteiger partial charge in [0.25, 0.3) is 0 Å². The summed E-state index contributed by atoms with van der Waals surface area (Å²) in [6.45, 7) is -0.239. The van der Waals surface area contributed by atoms with Crippen LogP contribution in [0, 0.1) is 0 Å². The lowest BCUT2D eigenvalue weighted by atomic mass is 10.2. The molecule has 0 bridgehead atoms. The van der Waals surface area contributed by atoms with E-state index in [2.05, 4.69) is 5.10 Å². The van der Waals surface area contributed by atoms with Crippen LogP contribution in [0.25, 0.3) is 5.69 Å². The van der Waals surface area contributed by atoms with Gasteiger partial charge in [-0.15, -0.1) is 0 Å². The molecule has 0 aliphatic heterocycles. The number of aromatic nitrogens is 2. The van der Waals surface area contributed by atoms with Gasteiger partial charge in [0, 0.05) is 25.5 Å². The molecule has 0 saturated carbocycles. The third kappa shape index (κ3) is 5.69. The second-order valence-electron chi connectivity index (χ2n) is 7.53. The number of sulfonamides is 1. The van der Waals surface area contributed by atoms with Gasteiger partial charge in [-0.05, 0) is 53.6 Å². The van der Waals surface area contributed by atoms with Crippen molar-refractivity contribution in [1.82, 2.24) is 14.1 Å². The van der Waals surface area contributed by atoms with Crippen LogP contribution in [0.5, 0.6) is 5.75 Å². The van der Waals surface area contributed by atoms with Gasteiger partial charge in [-0.3, -0.25) is 0 Å². The van der Waals surface area contributed by atoms with Crippen molar-refractivity contribution < 1.29 is 23.1 Å². The summed E-state index contributed by atoms with van der Waals surface area (Å²) < 4.78 is 35.4. The molecule has 0 unspecified atom stereocenters. The molecule has 4 rings (SSSR count). The lowest BCUT2D eigenvalue weighted by Crippen LogP contribution is -2.30. The maximum Gasteiger partial charge on any atom is 0.341 e.